The SMILES string of the molecule is OB(O)/C=C/c1cccc(Cl)c1S. The Morgan fingerprint density at radius 3 is 2.69 bits per heavy atom. The molecule has 0 fully saturated rings. The van der Waals surface area contributed by atoms with Crippen LogP contribution in [-0.2, 0) is 0 Å². The van der Waals surface area contributed by atoms with Crippen molar-refractivity contribution in [2.75, 3.05) is 0 Å². The van der Waals surface area contributed by atoms with Crippen molar-refractivity contribution in [3.63, 3.8) is 0 Å². The van der Waals surface area contributed by atoms with E-state index in [-0.39, 0.29) is 0 Å². The van der Waals surface area contributed by atoms with Crippen LogP contribution in [0.4, 0.5) is 0 Å². The summed E-state index contributed by atoms with van der Waals surface area (Å²) in [6.07, 6.45) is 1.55. The Kier molecular flexibility index (Phi) is 3.87. The maximum atomic E-state index is 8.58. The zero-order chi connectivity index (χ0) is 9.84. The van der Waals surface area contributed by atoms with Crippen LogP contribution < -0.4 is 0 Å². The van der Waals surface area contributed by atoms with Crippen molar-refractivity contribution in [2.45, 2.75) is 4.90 Å². The fourth-order valence-corrected chi connectivity index (χ4v) is 1.26. The van der Waals surface area contributed by atoms with Gasteiger partial charge in [-0.15, -0.1) is 12.6 Å². The van der Waals surface area contributed by atoms with Gasteiger partial charge in [0.2, 0.25) is 0 Å². The van der Waals surface area contributed by atoms with Crippen LogP contribution in [0.3, 0.4) is 0 Å². The van der Waals surface area contributed by atoms with E-state index in [2.05, 4.69) is 12.6 Å². The summed E-state index contributed by atoms with van der Waals surface area (Å²) < 4.78 is 0. The van der Waals surface area contributed by atoms with Crippen LogP contribution in [0.25, 0.3) is 6.08 Å². The van der Waals surface area contributed by atoms with E-state index < -0.39 is 7.12 Å². The van der Waals surface area contributed by atoms with Crippen LogP contribution in [0.2, 0.25) is 5.02 Å². The van der Waals surface area contributed by atoms with E-state index in [0.29, 0.717) is 9.92 Å². The van der Waals surface area contributed by atoms with Crippen molar-refractivity contribution < 1.29 is 10.0 Å². The lowest BCUT2D eigenvalue weighted by Crippen LogP contribution is -2.05. The van der Waals surface area contributed by atoms with Crippen LogP contribution >= 0.6 is 24.2 Å². The quantitative estimate of drug-likeness (QED) is 0.518. The molecule has 0 aliphatic rings. The third kappa shape index (κ3) is 3.08. The number of hydrogen-bond donors (Lipinski definition) is 3. The first-order valence-electron chi connectivity index (χ1n) is 3.63. The molecule has 0 heterocycles. The average molecular weight is 214 g/mol. The van der Waals surface area contributed by atoms with E-state index in [1.54, 1.807) is 24.3 Å². The highest BCUT2D eigenvalue weighted by Gasteiger charge is 2.02. The lowest BCUT2D eigenvalue weighted by Gasteiger charge is -2.00. The van der Waals surface area contributed by atoms with E-state index in [1.165, 1.54) is 5.98 Å². The zero-order valence-electron chi connectivity index (χ0n) is 6.68. The smallest absolute Gasteiger partial charge is 0.424 e. The highest BCUT2D eigenvalue weighted by molar-refractivity contribution is 7.80. The van der Waals surface area contributed by atoms with Crippen molar-refractivity contribution in [3.05, 3.63) is 34.8 Å². The standard InChI is InChI=1S/C8H8BClO2S/c10-7-3-1-2-6(8(7)13)4-5-9(11)12/h1-5,11-13H/b5-4+. The third-order valence-electron chi connectivity index (χ3n) is 1.47. The predicted octanol–water partition coefficient (Wildman–Crippen LogP) is 1.65. The molecule has 1 aromatic rings. The Morgan fingerprint density at radius 1 is 1.38 bits per heavy atom. The van der Waals surface area contributed by atoms with E-state index in [9.17, 15) is 0 Å². The molecule has 0 radical (unpaired) electrons. The number of hydrogen-bond acceptors (Lipinski definition) is 3. The zero-order valence-corrected chi connectivity index (χ0v) is 8.33. The molecule has 0 aromatic heterocycles. The van der Waals surface area contributed by atoms with Crippen LogP contribution in [0.15, 0.2) is 29.1 Å². The predicted molar refractivity (Wildman–Crippen MR) is 57.9 cm³/mol. The minimum atomic E-state index is -1.45. The molecule has 0 atom stereocenters. The van der Waals surface area contributed by atoms with Gasteiger partial charge in [0.1, 0.15) is 0 Å². The summed E-state index contributed by atoms with van der Waals surface area (Å²) in [5.41, 5.74) is 0.754. The maximum Gasteiger partial charge on any atom is 0.480 e. The molecule has 0 amide bonds. The van der Waals surface area contributed by atoms with Crippen molar-refractivity contribution in [1.29, 1.82) is 0 Å². The molecular weight excluding hydrogens is 206 g/mol. The molecule has 0 aliphatic carbocycles. The summed E-state index contributed by atoms with van der Waals surface area (Å²) in [4.78, 5) is 0.626. The number of benzene rings is 1. The Hall–Kier alpha value is -0.415. The van der Waals surface area contributed by atoms with Crippen LogP contribution in [0.5, 0.6) is 0 Å². The minimum Gasteiger partial charge on any atom is -0.424 e. The van der Waals surface area contributed by atoms with Gasteiger partial charge in [0.25, 0.3) is 0 Å². The Bertz CT molecular complexity index is 328. The largest absolute Gasteiger partial charge is 0.480 e. The Morgan fingerprint density at radius 2 is 2.08 bits per heavy atom. The van der Waals surface area contributed by atoms with Crippen molar-refractivity contribution in [3.8, 4) is 0 Å². The third-order valence-corrected chi connectivity index (χ3v) is 2.41. The van der Waals surface area contributed by atoms with Gasteiger partial charge < -0.3 is 10.0 Å². The highest BCUT2D eigenvalue weighted by Crippen LogP contribution is 2.24. The molecule has 1 rings (SSSR count). The molecule has 0 saturated heterocycles. The number of thiol groups is 1. The second kappa shape index (κ2) is 4.72. The van der Waals surface area contributed by atoms with Gasteiger partial charge in [0.15, 0.2) is 0 Å². The second-order valence-electron chi connectivity index (χ2n) is 2.45. The molecule has 5 heteroatoms. The monoisotopic (exact) mass is 214 g/mol. The van der Waals surface area contributed by atoms with Crippen LogP contribution in [0.1, 0.15) is 5.56 Å². The normalized spacial score (nSPS) is 10.8. The fourth-order valence-electron chi connectivity index (χ4n) is 0.856. The van der Waals surface area contributed by atoms with Gasteiger partial charge in [-0.25, -0.2) is 0 Å². The molecule has 13 heavy (non-hydrogen) atoms. The first kappa shape index (κ1) is 10.7. The van der Waals surface area contributed by atoms with Crippen LogP contribution in [-0.4, -0.2) is 17.2 Å². The second-order valence-corrected chi connectivity index (χ2v) is 3.30. The highest BCUT2D eigenvalue weighted by atomic mass is 35.5. The summed E-state index contributed by atoms with van der Waals surface area (Å²) in [6, 6.07) is 5.27. The van der Waals surface area contributed by atoms with Crippen molar-refractivity contribution >= 4 is 37.4 Å². The molecule has 2 nitrogen and oxygen atoms in total. The van der Waals surface area contributed by atoms with E-state index in [4.69, 9.17) is 21.6 Å². The van der Waals surface area contributed by atoms with Gasteiger partial charge in [-0.3, -0.25) is 0 Å². The van der Waals surface area contributed by atoms with Crippen molar-refractivity contribution in [1.82, 2.24) is 0 Å². The first-order chi connectivity index (χ1) is 6.11. The lowest BCUT2D eigenvalue weighted by molar-refractivity contribution is 0.424. The first-order valence-corrected chi connectivity index (χ1v) is 4.45. The lowest BCUT2D eigenvalue weighted by atomic mass is 9.91. The Labute approximate surface area is 87.4 Å². The number of halogens is 1. The molecule has 68 valence electrons. The molecular formula is C8H8BClO2S. The summed E-state index contributed by atoms with van der Waals surface area (Å²) in [5.74, 6) is 1.24. The van der Waals surface area contributed by atoms with Gasteiger partial charge in [-0.2, -0.15) is 0 Å². The van der Waals surface area contributed by atoms with E-state index in [0.717, 1.165) is 5.56 Å². The molecule has 2 N–H and O–H groups in total. The molecule has 0 unspecified atom stereocenters. The summed E-state index contributed by atoms with van der Waals surface area (Å²) in [6.45, 7) is 0. The molecule has 0 bridgehead atoms. The van der Waals surface area contributed by atoms with Gasteiger partial charge in [0, 0.05) is 4.90 Å². The molecule has 0 spiro atoms. The van der Waals surface area contributed by atoms with Crippen LogP contribution in [0, 0.1) is 0 Å². The van der Waals surface area contributed by atoms with E-state index >= 15 is 0 Å². The van der Waals surface area contributed by atoms with Gasteiger partial charge >= 0.3 is 7.12 Å². The molecule has 0 aliphatic heterocycles. The molecule has 0 saturated carbocycles. The molecule has 1 aromatic carbocycles. The fraction of sp³-hybridized carbons (Fsp3) is 0. The maximum absolute atomic E-state index is 8.58. The van der Waals surface area contributed by atoms with Gasteiger partial charge in [-0.1, -0.05) is 35.8 Å². The Balaban J connectivity index is 2.95. The summed E-state index contributed by atoms with van der Waals surface area (Å²) in [5, 5.41) is 17.7. The topological polar surface area (TPSA) is 40.5 Å². The van der Waals surface area contributed by atoms with Crippen molar-refractivity contribution in [2.24, 2.45) is 0 Å². The van der Waals surface area contributed by atoms with Gasteiger partial charge in [0.05, 0.1) is 5.02 Å². The summed E-state index contributed by atoms with van der Waals surface area (Å²) in [7, 11) is -1.45. The van der Waals surface area contributed by atoms with E-state index in [1.807, 2.05) is 0 Å². The average Bonchev–Trinajstić information content (AvgIpc) is 2.07. The van der Waals surface area contributed by atoms with Gasteiger partial charge in [-0.05, 0) is 11.6 Å². The summed E-state index contributed by atoms with van der Waals surface area (Å²) >= 11 is 9.96. The number of rotatable bonds is 2. The minimum absolute atomic E-state index is 0.540.